The molecular weight excluding hydrogens is 413 g/mol. The van der Waals surface area contributed by atoms with Gasteiger partial charge in [0.15, 0.2) is 5.96 Å². The fraction of sp³-hybridized carbons (Fsp3) is 0.667. The van der Waals surface area contributed by atoms with Crippen LogP contribution in [0.5, 0.6) is 0 Å². The van der Waals surface area contributed by atoms with E-state index in [0.29, 0.717) is 6.54 Å². The number of aliphatic imine (C=N–C) groups is 1. The fourth-order valence-electron chi connectivity index (χ4n) is 2.09. The van der Waals surface area contributed by atoms with Gasteiger partial charge in [0.2, 0.25) is 0 Å². The van der Waals surface area contributed by atoms with Crippen LogP contribution in [0.15, 0.2) is 21.8 Å². The van der Waals surface area contributed by atoms with Gasteiger partial charge in [-0.2, -0.15) is 11.3 Å². The van der Waals surface area contributed by atoms with Crippen LogP contribution in [0.1, 0.15) is 26.3 Å². The molecule has 0 amide bonds. The second-order valence-electron chi connectivity index (χ2n) is 6.14. The Balaban J connectivity index is 0.00000242. The van der Waals surface area contributed by atoms with Crippen molar-refractivity contribution in [2.45, 2.75) is 26.4 Å². The van der Waals surface area contributed by atoms with Crippen molar-refractivity contribution in [3.63, 3.8) is 0 Å². The number of halogens is 1. The molecule has 2 rings (SSSR count). The summed E-state index contributed by atoms with van der Waals surface area (Å²) in [6.45, 7) is 9.52. The molecule has 1 unspecified atom stereocenters. The Morgan fingerprint density at radius 3 is 2.73 bits per heavy atom. The Hall–Kier alpha value is -0.380. The number of nitrogens with one attached hydrogen (secondary N) is 2. The molecule has 2 heterocycles. The van der Waals surface area contributed by atoms with Gasteiger partial charge in [-0.05, 0) is 36.2 Å². The summed E-state index contributed by atoms with van der Waals surface area (Å²) in [4.78, 5) is 4.51. The van der Waals surface area contributed by atoms with Gasteiger partial charge in [-0.25, -0.2) is 4.99 Å². The van der Waals surface area contributed by atoms with Gasteiger partial charge in [0, 0.05) is 18.5 Å². The van der Waals surface area contributed by atoms with Crippen LogP contribution in [0.2, 0.25) is 0 Å². The summed E-state index contributed by atoms with van der Waals surface area (Å²) in [5.41, 5.74) is 0.157. The van der Waals surface area contributed by atoms with E-state index in [-0.39, 0.29) is 29.4 Å². The smallest absolute Gasteiger partial charge is 0.191 e. The van der Waals surface area contributed by atoms with E-state index < -0.39 is 5.60 Å². The first-order chi connectivity index (χ1) is 9.95. The van der Waals surface area contributed by atoms with E-state index in [1.165, 1.54) is 0 Å². The van der Waals surface area contributed by atoms with Crippen LogP contribution in [0, 0.1) is 5.41 Å². The van der Waals surface area contributed by atoms with E-state index in [1.54, 1.807) is 18.3 Å². The SMILES string of the molecule is CCNC(=NCC(C)(O)c1ccsc1)NCC1(C)COC1.I. The predicted molar refractivity (Wildman–Crippen MR) is 102 cm³/mol. The third-order valence-corrected chi connectivity index (χ3v) is 4.30. The summed E-state index contributed by atoms with van der Waals surface area (Å²) >= 11 is 1.58. The molecule has 0 aliphatic carbocycles. The lowest BCUT2D eigenvalue weighted by Gasteiger charge is -2.38. The average molecular weight is 439 g/mol. The summed E-state index contributed by atoms with van der Waals surface area (Å²) in [7, 11) is 0. The minimum Gasteiger partial charge on any atom is -0.383 e. The lowest BCUT2D eigenvalue weighted by molar-refractivity contribution is -0.0971. The van der Waals surface area contributed by atoms with Gasteiger partial charge in [-0.15, -0.1) is 24.0 Å². The van der Waals surface area contributed by atoms with E-state index in [1.807, 2.05) is 23.8 Å². The Labute approximate surface area is 153 Å². The van der Waals surface area contributed by atoms with Gasteiger partial charge >= 0.3 is 0 Å². The van der Waals surface area contributed by atoms with Crippen LogP contribution in [0.4, 0.5) is 0 Å². The summed E-state index contributed by atoms with van der Waals surface area (Å²) in [5, 5.41) is 21.0. The Bertz CT molecular complexity index is 473. The van der Waals surface area contributed by atoms with Crippen molar-refractivity contribution >= 4 is 41.3 Å². The van der Waals surface area contributed by atoms with Crippen LogP contribution in [0.3, 0.4) is 0 Å². The number of ether oxygens (including phenoxy) is 1. The molecule has 126 valence electrons. The highest BCUT2D eigenvalue weighted by Gasteiger charge is 2.33. The summed E-state index contributed by atoms with van der Waals surface area (Å²) in [5.74, 6) is 0.737. The van der Waals surface area contributed by atoms with Crippen molar-refractivity contribution in [2.24, 2.45) is 10.4 Å². The van der Waals surface area contributed by atoms with Crippen LogP contribution >= 0.6 is 35.3 Å². The second kappa shape index (κ2) is 8.47. The van der Waals surface area contributed by atoms with E-state index in [9.17, 15) is 5.11 Å². The second-order valence-corrected chi connectivity index (χ2v) is 6.92. The number of thiophene rings is 1. The highest BCUT2D eigenvalue weighted by atomic mass is 127. The Morgan fingerprint density at radius 2 is 2.23 bits per heavy atom. The monoisotopic (exact) mass is 439 g/mol. The minimum atomic E-state index is -0.939. The normalized spacial score (nSPS) is 19.5. The number of hydrogen-bond donors (Lipinski definition) is 3. The minimum absolute atomic E-state index is 0. The number of aliphatic hydroxyl groups is 1. The van der Waals surface area contributed by atoms with E-state index in [4.69, 9.17) is 4.74 Å². The maximum absolute atomic E-state index is 10.5. The molecule has 3 N–H and O–H groups in total. The molecule has 7 heteroatoms. The quantitative estimate of drug-likeness (QED) is 0.361. The van der Waals surface area contributed by atoms with Crippen molar-refractivity contribution in [3.8, 4) is 0 Å². The third kappa shape index (κ3) is 5.36. The molecule has 5 nitrogen and oxygen atoms in total. The molecule has 22 heavy (non-hydrogen) atoms. The zero-order valence-electron chi connectivity index (χ0n) is 13.4. The third-order valence-electron chi connectivity index (χ3n) is 3.62. The van der Waals surface area contributed by atoms with Gasteiger partial charge in [-0.3, -0.25) is 0 Å². The van der Waals surface area contributed by atoms with Crippen molar-refractivity contribution in [1.29, 1.82) is 0 Å². The van der Waals surface area contributed by atoms with Crippen LogP contribution in [-0.4, -0.2) is 43.9 Å². The van der Waals surface area contributed by atoms with Crippen LogP contribution in [0.25, 0.3) is 0 Å². The molecular formula is C15H26IN3O2S. The lowest BCUT2D eigenvalue weighted by atomic mass is 9.89. The van der Waals surface area contributed by atoms with Gasteiger partial charge in [0.1, 0.15) is 5.60 Å². The number of guanidine groups is 1. The van der Waals surface area contributed by atoms with Crippen LogP contribution < -0.4 is 10.6 Å². The maximum Gasteiger partial charge on any atom is 0.191 e. The molecule has 1 aromatic heterocycles. The van der Waals surface area contributed by atoms with Crippen LogP contribution in [-0.2, 0) is 10.3 Å². The topological polar surface area (TPSA) is 65.9 Å². The zero-order chi connectivity index (χ0) is 15.3. The van der Waals surface area contributed by atoms with E-state index in [2.05, 4.69) is 22.5 Å². The first-order valence-corrected chi connectivity index (χ1v) is 8.24. The van der Waals surface area contributed by atoms with Gasteiger partial charge in [-0.1, -0.05) is 6.92 Å². The first kappa shape index (κ1) is 19.7. The van der Waals surface area contributed by atoms with E-state index in [0.717, 1.165) is 37.8 Å². The number of rotatable bonds is 6. The van der Waals surface area contributed by atoms with Crippen molar-refractivity contribution < 1.29 is 9.84 Å². The summed E-state index contributed by atoms with van der Waals surface area (Å²) in [6, 6.07) is 1.94. The zero-order valence-corrected chi connectivity index (χ0v) is 16.5. The molecule has 1 saturated heterocycles. The molecule has 1 aliphatic heterocycles. The van der Waals surface area contributed by atoms with Crippen molar-refractivity contribution in [2.75, 3.05) is 32.8 Å². The largest absolute Gasteiger partial charge is 0.383 e. The highest BCUT2D eigenvalue weighted by molar-refractivity contribution is 14.0. The van der Waals surface area contributed by atoms with E-state index >= 15 is 0 Å². The molecule has 1 aromatic rings. The number of nitrogens with zero attached hydrogens (tertiary/aromatic N) is 1. The Morgan fingerprint density at radius 1 is 1.50 bits per heavy atom. The summed E-state index contributed by atoms with van der Waals surface area (Å²) in [6.07, 6.45) is 0. The van der Waals surface area contributed by atoms with Crippen molar-refractivity contribution in [1.82, 2.24) is 10.6 Å². The first-order valence-electron chi connectivity index (χ1n) is 7.30. The summed E-state index contributed by atoms with van der Waals surface area (Å²) < 4.78 is 5.25. The molecule has 1 atom stereocenters. The lowest BCUT2D eigenvalue weighted by Crippen LogP contribution is -2.51. The van der Waals surface area contributed by atoms with Gasteiger partial charge < -0.3 is 20.5 Å². The van der Waals surface area contributed by atoms with Gasteiger partial charge in [0.05, 0.1) is 19.8 Å². The van der Waals surface area contributed by atoms with Gasteiger partial charge in [0.25, 0.3) is 0 Å². The highest BCUT2D eigenvalue weighted by Crippen LogP contribution is 2.25. The molecule has 1 aliphatic rings. The van der Waals surface area contributed by atoms with Crippen molar-refractivity contribution in [3.05, 3.63) is 22.4 Å². The number of hydrogen-bond acceptors (Lipinski definition) is 4. The predicted octanol–water partition coefficient (Wildman–Crippen LogP) is 2.17. The standard InChI is InChI=1S/C15H25N3O2S.HI/c1-4-16-13(17-8-14(2)10-20-11-14)18-9-15(3,19)12-5-6-21-7-12;/h5-7,19H,4,8-11H2,1-3H3,(H2,16,17,18);1H. The molecule has 1 fully saturated rings. The molecule has 0 radical (unpaired) electrons. The molecule has 0 saturated carbocycles. The average Bonchev–Trinajstić information content (AvgIpc) is 2.94. The molecule has 0 spiro atoms. The molecule has 0 aromatic carbocycles. The molecule has 0 bridgehead atoms. The maximum atomic E-state index is 10.5. The Kier molecular flexibility index (Phi) is 7.57. The fourth-order valence-corrected chi connectivity index (χ4v) is 2.87.